The fourth-order valence-corrected chi connectivity index (χ4v) is 1.72. The van der Waals surface area contributed by atoms with Gasteiger partial charge in [-0.05, 0) is 17.7 Å². The van der Waals surface area contributed by atoms with Crippen LogP contribution in [0.1, 0.15) is 5.56 Å². The van der Waals surface area contributed by atoms with Crippen molar-refractivity contribution in [2.75, 3.05) is 6.26 Å². The zero-order valence-corrected chi connectivity index (χ0v) is 9.14. The molecule has 6 heteroatoms. The molecule has 2 nitrogen and oxygen atoms in total. The average Bonchev–Trinajstić information content (AvgIpc) is 2.13. The van der Waals surface area contributed by atoms with Gasteiger partial charge in [-0.15, -0.1) is 0 Å². The molecule has 0 aliphatic rings. The molecule has 88 valence electrons. The Balaban J connectivity index is 3.06. The fourth-order valence-electron chi connectivity index (χ4n) is 1.04. The largest absolute Gasteiger partial charge is 0.409 e. The van der Waals surface area contributed by atoms with Crippen molar-refractivity contribution in [3.05, 3.63) is 35.9 Å². The highest BCUT2D eigenvalue weighted by atomic mass is 32.2. The van der Waals surface area contributed by atoms with Gasteiger partial charge in [0, 0.05) is 12.3 Å². The summed E-state index contributed by atoms with van der Waals surface area (Å²) in [5, 5.41) is 0. The minimum Gasteiger partial charge on any atom is -0.224 e. The third kappa shape index (κ3) is 4.06. The van der Waals surface area contributed by atoms with Gasteiger partial charge in [-0.2, -0.15) is 13.2 Å². The summed E-state index contributed by atoms with van der Waals surface area (Å²) >= 11 is 0. The number of halogens is 3. The predicted octanol–water partition coefficient (Wildman–Crippen LogP) is 2.67. The van der Waals surface area contributed by atoms with Crippen LogP contribution in [0, 0.1) is 0 Å². The normalized spacial score (nSPS) is 13.2. The number of benzene rings is 1. The second-order valence-corrected chi connectivity index (χ2v) is 5.24. The molecular weight excluding hydrogens is 241 g/mol. The van der Waals surface area contributed by atoms with Crippen LogP contribution in [0.5, 0.6) is 0 Å². The Morgan fingerprint density at radius 1 is 1.25 bits per heavy atom. The molecule has 0 bridgehead atoms. The van der Waals surface area contributed by atoms with E-state index in [2.05, 4.69) is 0 Å². The Kier molecular flexibility index (Phi) is 3.42. The van der Waals surface area contributed by atoms with Crippen molar-refractivity contribution in [3.63, 3.8) is 0 Å². The third-order valence-corrected chi connectivity index (χ3v) is 2.86. The van der Waals surface area contributed by atoms with Crippen LogP contribution in [0.25, 0.3) is 6.08 Å². The van der Waals surface area contributed by atoms with Gasteiger partial charge >= 0.3 is 6.18 Å². The van der Waals surface area contributed by atoms with Crippen molar-refractivity contribution in [2.45, 2.75) is 11.1 Å². The van der Waals surface area contributed by atoms with Gasteiger partial charge in [0.05, 0.1) is 4.90 Å². The van der Waals surface area contributed by atoms with Crippen LogP contribution in [0.3, 0.4) is 0 Å². The van der Waals surface area contributed by atoms with Gasteiger partial charge in [0.15, 0.2) is 9.84 Å². The first kappa shape index (κ1) is 12.8. The molecule has 0 N–H and O–H groups in total. The lowest BCUT2D eigenvalue weighted by atomic mass is 10.2. The van der Waals surface area contributed by atoms with Crippen molar-refractivity contribution in [2.24, 2.45) is 0 Å². The molecule has 0 aromatic heterocycles. The molecule has 0 unspecified atom stereocenters. The van der Waals surface area contributed by atoms with Crippen LogP contribution >= 0.6 is 0 Å². The standard InChI is InChI=1S/C10H9F3O2S/c1-16(14,15)9-4-2-3-8(7-9)5-6-10(11,12)13/h2-7H,1H3/b6-5+. The van der Waals surface area contributed by atoms with Crippen molar-refractivity contribution < 1.29 is 21.6 Å². The Morgan fingerprint density at radius 3 is 2.38 bits per heavy atom. The molecule has 0 saturated carbocycles. The summed E-state index contributed by atoms with van der Waals surface area (Å²) in [5.74, 6) is 0. The summed E-state index contributed by atoms with van der Waals surface area (Å²) in [5.41, 5.74) is 0.195. The van der Waals surface area contributed by atoms with E-state index in [0.29, 0.717) is 0 Å². The molecule has 0 fully saturated rings. The molecule has 0 heterocycles. The van der Waals surface area contributed by atoms with E-state index < -0.39 is 16.0 Å². The lowest BCUT2D eigenvalue weighted by molar-refractivity contribution is -0.0790. The monoisotopic (exact) mass is 250 g/mol. The summed E-state index contributed by atoms with van der Waals surface area (Å²) in [6.45, 7) is 0. The maximum absolute atomic E-state index is 11.9. The summed E-state index contributed by atoms with van der Waals surface area (Å²) in [4.78, 5) is -0.00294. The van der Waals surface area contributed by atoms with E-state index in [1.165, 1.54) is 24.3 Å². The Hall–Kier alpha value is -1.30. The number of alkyl halides is 3. The van der Waals surface area contributed by atoms with Crippen LogP contribution in [0.4, 0.5) is 13.2 Å². The van der Waals surface area contributed by atoms with Crippen LogP contribution in [0.2, 0.25) is 0 Å². The lowest BCUT2D eigenvalue weighted by Crippen LogP contribution is -2.00. The highest BCUT2D eigenvalue weighted by molar-refractivity contribution is 7.90. The zero-order valence-electron chi connectivity index (χ0n) is 8.32. The van der Waals surface area contributed by atoms with Crippen molar-refractivity contribution in [1.82, 2.24) is 0 Å². The average molecular weight is 250 g/mol. The maximum atomic E-state index is 11.9. The van der Waals surface area contributed by atoms with Gasteiger partial charge in [0.25, 0.3) is 0 Å². The molecule has 0 amide bonds. The number of sulfone groups is 1. The van der Waals surface area contributed by atoms with E-state index in [9.17, 15) is 21.6 Å². The quantitative estimate of drug-likeness (QED) is 0.808. The Morgan fingerprint density at radius 2 is 1.88 bits per heavy atom. The molecule has 0 atom stereocenters. The third-order valence-electron chi connectivity index (χ3n) is 1.75. The first-order chi connectivity index (χ1) is 7.18. The lowest BCUT2D eigenvalue weighted by Gasteiger charge is -2.01. The fraction of sp³-hybridized carbons (Fsp3) is 0.200. The van der Waals surface area contributed by atoms with Crippen molar-refractivity contribution in [3.8, 4) is 0 Å². The molecule has 0 saturated heterocycles. The second kappa shape index (κ2) is 4.29. The topological polar surface area (TPSA) is 34.1 Å². The van der Waals surface area contributed by atoms with Crippen molar-refractivity contribution >= 4 is 15.9 Å². The SMILES string of the molecule is CS(=O)(=O)c1cccc(/C=C/C(F)(F)F)c1. The van der Waals surface area contributed by atoms with Crippen molar-refractivity contribution in [1.29, 1.82) is 0 Å². The van der Waals surface area contributed by atoms with Crippen LogP contribution < -0.4 is 0 Å². The van der Waals surface area contributed by atoms with Gasteiger partial charge in [-0.25, -0.2) is 8.42 Å². The summed E-state index contributed by atoms with van der Waals surface area (Å²) in [6, 6.07) is 5.32. The molecular formula is C10H9F3O2S. The Labute approximate surface area is 91.3 Å². The number of hydrogen-bond donors (Lipinski definition) is 0. The minimum atomic E-state index is -4.40. The molecule has 1 aromatic rings. The van der Waals surface area contributed by atoms with E-state index >= 15 is 0 Å². The van der Waals surface area contributed by atoms with E-state index in [4.69, 9.17) is 0 Å². The summed E-state index contributed by atoms with van der Waals surface area (Å²) < 4.78 is 57.9. The highest BCUT2D eigenvalue weighted by Gasteiger charge is 2.21. The van der Waals surface area contributed by atoms with Gasteiger partial charge in [-0.3, -0.25) is 0 Å². The smallest absolute Gasteiger partial charge is 0.224 e. The summed E-state index contributed by atoms with van der Waals surface area (Å²) in [7, 11) is -3.39. The second-order valence-electron chi connectivity index (χ2n) is 3.22. The van der Waals surface area contributed by atoms with Crippen LogP contribution in [0.15, 0.2) is 35.2 Å². The van der Waals surface area contributed by atoms with Gasteiger partial charge < -0.3 is 0 Å². The van der Waals surface area contributed by atoms with Gasteiger partial charge in [-0.1, -0.05) is 18.2 Å². The molecule has 1 rings (SSSR count). The minimum absolute atomic E-state index is 0.00294. The highest BCUT2D eigenvalue weighted by Crippen LogP contribution is 2.19. The molecule has 1 aromatic carbocycles. The molecule has 0 aliphatic heterocycles. The Bertz CT molecular complexity index is 501. The number of allylic oxidation sites excluding steroid dienone is 1. The summed E-state index contributed by atoms with van der Waals surface area (Å²) in [6.07, 6.45) is -2.51. The predicted molar refractivity (Wildman–Crippen MR) is 54.6 cm³/mol. The number of hydrogen-bond acceptors (Lipinski definition) is 2. The molecule has 0 spiro atoms. The molecule has 0 aliphatic carbocycles. The first-order valence-corrected chi connectivity index (χ1v) is 6.14. The van der Waals surface area contributed by atoms with E-state index in [1.54, 1.807) is 0 Å². The zero-order chi connectivity index (χ0) is 12.4. The number of rotatable bonds is 2. The van der Waals surface area contributed by atoms with Crippen LogP contribution in [-0.4, -0.2) is 20.8 Å². The van der Waals surface area contributed by atoms with Gasteiger partial charge in [0.2, 0.25) is 0 Å². The molecule has 16 heavy (non-hydrogen) atoms. The van der Waals surface area contributed by atoms with E-state index in [1.807, 2.05) is 0 Å². The maximum Gasteiger partial charge on any atom is 0.409 e. The first-order valence-electron chi connectivity index (χ1n) is 4.24. The van der Waals surface area contributed by atoms with Gasteiger partial charge in [0.1, 0.15) is 0 Å². The van der Waals surface area contributed by atoms with E-state index in [0.717, 1.165) is 12.3 Å². The van der Waals surface area contributed by atoms with Crippen LogP contribution in [-0.2, 0) is 9.84 Å². The van der Waals surface area contributed by atoms with E-state index in [-0.39, 0.29) is 16.5 Å². The molecule has 0 radical (unpaired) electrons.